The molecule has 0 bridgehead atoms. The van der Waals surface area contributed by atoms with E-state index in [9.17, 15) is 5.11 Å². The van der Waals surface area contributed by atoms with Crippen LogP contribution in [0.15, 0.2) is 0 Å². The molecule has 2 saturated carbocycles. The van der Waals surface area contributed by atoms with Crippen LogP contribution in [0.25, 0.3) is 0 Å². The molecule has 2 nitrogen and oxygen atoms in total. The molecule has 100 valence electrons. The average molecular weight is 239 g/mol. The fraction of sp³-hybridized carbons (Fsp3) is 1.00. The first-order valence-electron chi connectivity index (χ1n) is 7.48. The first kappa shape index (κ1) is 13.4. The first-order valence-corrected chi connectivity index (χ1v) is 7.48. The zero-order valence-electron chi connectivity index (χ0n) is 11.5. The second-order valence-electron chi connectivity index (χ2n) is 6.72. The van der Waals surface area contributed by atoms with Crippen molar-refractivity contribution in [3.05, 3.63) is 0 Å². The fourth-order valence-electron chi connectivity index (χ4n) is 4.25. The van der Waals surface area contributed by atoms with Gasteiger partial charge in [-0.3, -0.25) is 0 Å². The molecule has 0 radical (unpaired) electrons. The van der Waals surface area contributed by atoms with Gasteiger partial charge in [0.2, 0.25) is 0 Å². The molecule has 0 aromatic rings. The van der Waals surface area contributed by atoms with Gasteiger partial charge in [0.15, 0.2) is 0 Å². The highest BCUT2D eigenvalue weighted by Crippen LogP contribution is 2.53. The van der Waals surface area contributed by atoms with Crippen molar-refractivity contribution in [2.75, 3.05) is 6.54 Å². The van der Waals surface area contributed by atoms with Gasteiger partial charge in [-0.05, 0) is 56.8 Å². The monoisotopic (exact) mass is 239 g/mol. The number of nitrogens with two attached hydrogens (primary N) is 1. The Morgan fingerprint density at radius 1 is 1.18 bits per heavy atom. The van der Waals surface area contributed by atoms with Crippen LogP contribution in [0.3, 0.4) is 0 Å². The second kappa shape index (κ2) is 4.89. The molecule has 0 amide bonds. The topological polar surface area (TPSA) is 46.2 Å². The Bertz CT molecular complexity index is 258. The maximum atomic E-state index is 11.0. The lowest BCUT2D eigenvalue weighted by atomic mass is 9.60. The van der Waals surface area contributed by atoms with Gasteiger partial charge in [-0.2, -0.15) is 0 Å². The molecule has 2 heteroatoms. The van der Waals surface area contributed by atoms with Crippen molar-refractivity contribution in [2.24, 2.45) is 23.0 Å². The van der Waals surface area contributed by atoms with Gasteiger partial charge in [-0.15, -0.1) is 0 Å². The number of aliphatic hydroxyl groups is 1. The molecule has 0 saturated heterocycles. The third kappa shape index (κ3) is 2.26. The molecule has 0 heterocycles. The lowest BCUT2D eigenvalue weighted by Gasteiger charge is -2.49. The van der Waals surface area contributed by atoms with Gasteiger partial charge in [0.05, 0.1) is 5.60 Å². The summed E-state index contributed by atoms with van der Waals surface area (Å²) < 4.78 is 0. The smallest absolute Gasteiger partial charge is 0.0718 e. The Kier molecular flexibility index (Phi) is 3.84. The van der Waals surface area contributed by atoms with Crippen molar-refractivity contribution in [2.45, 2.75) is 70.8 Å². The summed E-state index contributed by atoms with van der Waals surface area (Å²) in [5.41, 5.74) is 5.65. The van der Waals surface area contributed by atoms with Crippen LogP contribution < -0.4 is 5.73 Å². The van der Waals surface area contributed by atoms with Crippen LogP contribution in [-0.2, 0) is 0 Å². The molecule has 2 atom stereocenters. The van der Waals surface area contributed by atoms with Gasteiger partial charge < -0.3 is 10.8 Å². The van der Waals surface area contributed by atoms with E-state index < -0.39 is 5.60 Å². The first-order chi connectivity index (χ1) is 8.05. The Balaban J connectivity index is 2.10. The van der Waals surface area contributed by atoms with Gasteiger partial charge in [-0.25, -0.2) is 0 Å². The summed E-state index contributed by atoms with van der Waals surface area (Å²) in [7, 11) is 0. The standard InChI is InChI=1S/C15H29NO/c1-3-13-5-7-14(11-16,8-6-13)15(17)9-4-12(2)10-15/h12-13,17H,3-11,16H2,1-2H3. The molecule has 0 spiro atoms. The summed E-state index contributed by atoms with van der Waals surface area (Å²) in [6.07, 6.45) is 9.24. The Hall–Kier alpha value is -0.0800. The maximum Gasteiger partial charge on any atom is 0.0718 e. The molecule has 2 aliphatic rings. The summed E-state index contributed by atoms with van der Waals surface area (Å²) >= 11 is 0. The lowest BCUT2D eigenvalue weighted by molar-refractivity contribution is -0.102. The Morgan fingerprint density at radius 2 is 1.82 bits per heavy atom. The van der Waals surface area contributed by atoms with Gasteiger partial charge in [0.1, 0.15) is 0 Å². The molecule has 0 aromatic heterocycles. The quantitative estimate of drug-likeness (QED) is 0.795. The van der Waals surface area contributed by atoms with E-state index in [1.54, 1.807) is 0 Å². The SMILES string of the molecule is CCC1CCC(CN)(C2(O)CCC(C)C2)CC1. The normalized spacial score (nSPS) is 47.3. The van der Waals surface area contributed by atoms with E-state index in [0.29, 0.717) is 12.5 Å². The van der Waals surface area contributed by atoms with Gasteiger partial charge in [0.25, 0.3) is 0 Å². The molecule has 2 aliphatic carbocycles. The minimum Gasteiger partial charge on any atom is -0.389 e. The molecule has 0 aromatic carbocycles. The molecule has 2 fully saturated rings. The molecule has 17 heavy (non-hydrogen) atoms. The minimum atomic E-state index is -0.458. The van der Waals surface area contributed by atoms with Crippen molar-refractivity contribution in [1.82, 2.24) is 0 Å². The van der Waals surface area contributed by atoms with Crippen LogP contribution in [0.2, 0.25) is 0 Å². The van der Waals surface area contributed by atoms with Crippen LogP contribution >= 0.6 is 0 Å². The molecule has 2 rings (SSSR count). The van der Waals surface area contributed by atoms with Crippen molar-refractivity contribution >= 4 is 0 Å². The van der Waals surface area contributed by atoms with Crippen LogP contribution in [0.4, 0.5) is 0 Å². The fourth-order valence-corrected chi connectivity index (χ4v) is 4.25. The van der Waals surface area contributed by atoms with E-state index in [1.807, 2.05) is 0 Å². The number of rotatable bonds is 3. The van der Waals surface area contributed by atoms with Crippen LogP contribution in [0.1, 0.15) is 65.2 Å². The van der Waals surface area contributed by atoms with E-state index in [1.165, 1.54) is 25.7 Å². The van der Waals surface area contributed by atoms with E-state index in [4.69, 9.17) is 5.73 Å². The number of hydrogen-bond acceptors (Lipinski definition) is 2. The predicted octanol–water partition coefficient (Wildman–Crippen LogP) is 3.08. The largest absolute Gasteiger partial charge is 0.389 e. The Morgan fingerprint density at radius 3 is 2.24 bits per heavy atom. The third-order valence-electron chi connectivity index (χ3n) is 5.75. The average Bonchev–Trinajstić information content (AvgIpc) is 2.71. The highest BCUT2D eigenvalue weighted by Gasteiger charge is 2.53. The van der Waals surface area contributed by atoms with Gasteiger partial charge in [-0.1, -0.05) is 20.3 Å². The van der Waals surface area contributed by atoms with Gasteiger partial charge >= 0.3 is 0 Å². The highest BCUT2D eigenvalue weighted by atomic mass is 16.3. The number of hydrogen-bond donors (Lipinski definition) is 2. The van der Waals surface area contributed by atoms with Crippen molar-refractivity contribution in [1.29, 1.82) is 0 Å². The summed E-state index contributed by atoms with van der Waals surface area (Å²) in [6.45, 7) is 5.22. The molecule has 2 unspecified atom stereocenters. The molecular formula is C15H29NO. The van der Waals surface area contributed by atoms with Crippen LogP contribution in [0.5, 0.6) is 0 Å². The summed E-state index contributed by atoms with van der Waals surface area (Å²) in [4.78, 5) is 0. The summed E-state index contributed by atoms with van der Waals surface area (Å²) in [5, 5.41) is 11.0. The van der Waals surface area contributed by atoms with E-state index >= 15 is 0 Å². The van der Waals surface area contributed by atoms with Crippen molar-refractivity contribution in [3.8, 4) is 0 Å². The van der Waals surface area contributed by atoms with Crippen LogP contribution in [0, 0.1) is 17.3 Å². The van der Waals surface area contributed by atoms with E-state index in [2.05, 4.69) is 13.8 Å². The predicted molar refractivity (Wildman–Crippen MR) is 71.7 cm³/mol. The third-order valence-corrected chi connectivity index (χ3v) is 5.75. The van der Waals surface area contributed by atoms with E-state index in [0.717, 1.165) is 31.6 Å². The summed E-state index contributed by atoms with van der Waals surface area (Å²) in [5.74, 6) is 1.55. The van der Waals surface area contributed by atoms with Gasteiger partial charge in [0, 0.05) is 12.0 Å². The summed E-state index contributed by atoms with van der Waals surface area (Å²) in [6, 6.07) is 0. The van der Waals surface area contributed by atoms with Crippen molar-refractivity contribution in [3.63, 3.8) is 0 Å². The Labute approximate surface area is 106 Å². The lowest BCUT2D eigenvalue weighted by Crippen LogP contribution is -2.53. The molecule has 3 N–H and O–H groups in total. The highest BCUT2D eigenvalue weighted by molar-refractivity contribution is 5.05. The van der Waals surface area contributed by atoms with E-state index in [-0.39, 0.29) is 5.41 Å². The maximum absolute atomic E-state index is 11.0. The zero-order valence-corrected chi connectivity index (χ0v) is 11.5. The van der Waals surface area contributed by atoms with Crippen LogP contribution in [-0.4, -0.2) is 17.3 Å². The minimum absolute atomic E-state index is 0.0312. The molecule has 0 aliphatic heterocycles. The zero-order chi connectivity index (χ0) is 12.5. The second-order valence-corrected chi connectivity index (χ2v) is 6.72. The van der Waals surface area contributed by atoms with Crippen molar-refractivity contribution < 1.29 is 5.11 Å². The molecular weight excluding hydrogens is 210 g/mol.